The van der Waals surface area contributed by atoms with Crippen LogP contribution >= 0.6 is 0 Å². The highest BCUT2D eigenvalue weighted by atomic mass is 16.1. The molecule has 1 atom stereocenters. The van der Waals surface area contributed by atoms with Gasteiger partial charge in [-0.25, -0.2) is 0 Å². The highest BCUT2D eigenvalue weighted by molar-refractivity contribution is 5.71. The maximum absolute atomic E-state index is 11.3. The van der Waals surface area contributed by atoms with Gasteiger partial charge in [0.25, 0.3) is 0 Å². The molecule has 0 amide bonds. The molecule has 1 unspecified atom stereocenters. The van der Waals surface area contributed by atoms with Crippen molar-refractivity contribution in [2.75, 3.05) is 0 Å². The lowest BCUT2D eigenvalue weighted by Gasteiger charge is -2.46. The van der Waals surface area contributed by atoms with Crippen LogP contribution in [0.5, 0.6) is 0 Å². The SMILES string of the molecule is C#CC1(C=O)C=CC2=C(C1)C(C)(C)CCC2(C)C. The van der Waals surface area contributed by atoms with Gasteiger partial charge in [0.05, 0.1) is 0 Å². The summed E-state index contributed by atoms with van der Waals surface area (Å²) in [5.41, 5.74) is 2.41. The minimum atomic E-state index is -0.719. The Balaban J connectivity index is 2.55. The van der Waals surface area contributed by atoms with E-state index >= 15 is 0 Å². The van der Waals surface area contributed by atoms with Gasteiger partial charge >= 0.3 is 0 Å². The van der Waals surface area contributed by atoms with Crippen molar-refractivity contribution in [1.82, 2.24) is 0 Å². The molecule has 2 aliphatic carbocycles. The molecule has 0 aromatic heterocycles. The molecule has 1 heteroatoms. The van der Waals surface area contributed by atoms with Crippen molar-refractivity contribution in [3.63, 3.8) is 0 Å². The summed E-state index contributed by atoms with van der Waals surface area (Å²) in [5.74, 6) is 2.68. The number of carbonyl (C=O) groups is 1. The van der Waals surface area contributed by atoms with Crippen LogP contribution in [0.4, 0.5) is 0 Å². The van der Waals surface area contributed by atoms with E-state index in [2.05, 4.69) is 39.7 Å². The van der Waals surface area contributed by atoms with Gasteiger partial charge in [-0.05, 0) is 35.7 Å². The van der Waals surface area contributed by atoms with Crippen molar-refractivity contribution < 1.29 is 4.79 Å². The van der Waals surface area contributed by atoms with E-state index in [-0.39, 0.29) is 10.8 Å². The van der Waals surface area contributed by atoms with Gasteiger partial charge in [0.1, 0.15) is 11.7 Å². The maximum Gasteiger partial charge on any atom is 0.142 e. The molecule has 0 spiro atoms. The van der Waals surface area contributed by atoms with Crippen LogP contribution in [0.25, 0.3) is 0 Å². The Hall–Kier alpha value is -1.29. The summed E-state index contributed by atoms with van der Waals surface area (Å²) < 4.78 is 0. The predicted molar refractivity (Wildman–Crippen MR) is 74.9 cm³/mol. The molecular formula is C17H22O. The number of hydrogen-bond acceptors (Lipinski definition) is 1. The van der Waals surface area contributed by atoms with E-state index in [1.165, 1.54) is 17.6 Å². The number of carbonyl (C=O) groups excluding carboxylic acids is 1. The van der Waals surface area contributed by atoms with Crippen LogP contribution in [0, 0.1) is 28.6 Å². The first-order valence-electron chi connectivity index (χ1n) is 6.64. The van der Waals surface area contributed by atoms with Crippen molar-refractivity contribution >= 4 is 6.29 Å². The summed E-state index contributed by atoms with van der Waals surface area (Å²) in [6.07, 6.45) is 13.6. The van der Waals surface area contributed by atoms with Crippen molar-refractivity contribution in [1.29, 1.82) is 0 Å². The Morgan fingerprint density at radius 2 is 1.83 bits per heavy atom. The predicted octanol–water partition coefficient (Wildman–Crippen LogP) is 3.91. The van der Waals surface area contributed by atoms with Crippen LogP contribution in [0.1, 0.15) is 47.0 Å². The quantitative estimate of drug-likeness (QED) is 0.503. The topological polar surface area (TPSA) is 17.1 Å². The summed E-state index contributed by atoms with van der Waals surface area (Å²) >= 11 is 0. The molecule has 96 valence electrons. The molecule has 0 N–H and O–H groups in total. The Labute approximate surface area is 110 Å². The Kier molecular flexibility index (Phi) is 2.81. The Morgan fingerprint density at radius 1 is 1.22 bits per heavy atom. The van der Waals surface area contributed by atoms with Gasteiger partial charge in [-0.15, -0.1) is 6.42 Å². The smallest absolute Gasteiger partial charge is 0.142 e. The first kappa shape index (κ1) is 13.1. The summed E-state index contributed by atoms with van der Waals surface area (Å²) in [4.78, 5) is 11.3. The third kappa shape index (κ3) is 1.85. The molecule has 2 aliphatic rings. The first-order valence-corrected chi connectivity index (χ1v) is 6.64. The van der Waals surface area contributed by atoms with Crippen LogP contribution in [-0.2, 0) is 4.79 Å². The lowest BCUT2D eigenvalue weighted by atomic mass is 9.58. The second kappa shape index (κ2) is 3.85. The zero-order valence-corrected chi connectivity index (χ0v) is 11.8. The van der Waals surface area contributed by atoms with E-state index in [4.69, 9.17) is 6.42 Å². The normalized spacial score (nSPS) is 32.6. The van der Waals surface area contributed by atoms with Crippen molar-refractivity contribution in [3.05, 3.63) is 23.3 Å². The fourth-order valence-electron chi connectivity index (χ4n) is 3.14. The van der Waals surface area contributed by atoms with Gasteiger partial charge in [-0.2, -0.15) is 0 Å². The van der Waals surface area contributed by atoms with Crippen molar-refractivity contribution in [3.8, 4) is 12.3 Å². The molecule has 0 aromatic rings. The van der Waals surface area contributed by atoms with Gasteiger partial charge in [-0.3, -0.25) is 0 Å². The molecular weight excluding hydrogens is 220 g/mol. The molecule has 18 heavy (non-hydrogen) atoms. The molecule has 0 radical (unpaired) electrons. The lowest BCUT2D eigenvalue weighted by molar-refractivity contribution is -0.112. The molecule has 0 saturated heterocycles. The molecule has 0 heterocycles. The minimum Gasteiger partial charge on any atom is -0.301 e. The van der Waals surface area contributed by atoms with Gasteiger partial charge in [-0.1, -0.05) is 51.3 Å². The molecule has 0 aromatic carbocycles. The zero-order valence-electron chi connectivity index (χ0n) is 11.8. The lowest BCUT2D eigenvalue weighted by Crippen LogP contribution is -2.35. The van der Waals surface area contributed by atoms with Crippen LogP contribution in [0.2, 0.25) is 0 Å². The largest absolute Gasteiger partial charge is 0.301 e. The average Bonchev–Trinajstić information content (AvgIpc) is 2.34. The Bertz CT molecular complexity index is 482. The van der Waals surface area contributed by atoms with E-state index < -0.39 is 5.41 Å². The number of rotatable bonds is 1. The van der Waals surface area contributed by atoms with Crippen molar-refractivity contribution in [2.45, 2.75) is 47.0 Å². The fourth-order valence-corrected chi connectivity index (χ4v) is 3.14. The molecule has 1 nitrogen and oxygen atoms in total. The number of allylic oxidation sites excluding steroid dienone is 4. The first-order chi connectivity index (χ1) is 8.26. The van der Waals surface area contributed by atoms with Gasteiger partial charge in [0.2, 0.25) is 0 Å². The molecule has 0 saturated carbocycles. The van der Waals surface area contributed by atoms with Crippen molar-refractivity contribution in [2.24, 2.45) is 16.2 Å². The summed E-state index contributed by atoms with van der Waals surface area (Å²) in [6.45, 7) is 9.10. The summed E-state index contributed by atoms with van der Waals surface area (Å²) in [6, 6.07) is 0. The molecule has 0 aliphatic heterocycles. The third-order valence-corrected chi connectivity index (χ3v) is 4.74. The Morgan fingerprint density at radius 3 is 2.39 bits per heavy atom. The number of terminal acetylenes is 1. The summed E-state index contributed by atoms with van der Waals surface area (Å²) in [7, 11) is 0. The highest BCUT2D eigenvalue weighted by Gasteiger charge is 2.43. The van der Waals surface area contributed by atoms with E-state index in [1.54, 1.807) is 0 Å². The van der Waals surface area contributed by atoms with Gasteiger partial charge in [0, 0.05) is 0 Å². The second-order valence-corrected chi connectivity index (χ2v) is 6.97. The van der Waals surface area contributed by atoms with E-state index in [0.717, 1.165) is 12.7 Å². The number of aldehydes is 1. The minimum absolute atomic E-state index is 0.153. The van der Waals surface area contributed by atoms with Crippen LogP contribution in [-0.4, -0.2) is 6.29 Å². The monoisotopic (exact) mass is 242 g/mol. The van der Waals surface area contributed by atoms with Gasteiger partial charge in [0.15, 0.2) is 0 Å². The molecule has 0 fully saturated rings. The number of hydrogen-bond donors (Lipinski definition) is 0. The second-order valence-electron chi connectivity index (χ2n) is 6.97. The summed E-state index contributed by atoms with van der Waals surface area (Å²) in [5, 5.41) is 0. The average molecular weight is 242 g/mol. The van der Waals surface area contributed by atoms with E-state index in [0.29, 0.717) is 6.42 Å². The molecule has 2 rings (SSSR count). The van der Waals surface area contributed by atoms with Gasteiger partial charge < -0.3 is 4.79 Å². The fraction of sp³-hybridized carbons (Fsp3) is 0.588. The highest BCUT2D eigenvalue weighted by Crippen LogP contribution is 2.54. The van der Waals surface area contributed by atoms with Crippen LogP contribution < -0.4 is 0 Å². The van der Waals surface area contributed by atoms with E-state index in [1.807, 2.05) is 6.08 Å². The molecule has 0 bridgehead atoms. The standard InChI is InChI=1S/C17H22O/c1-6-17(12-18)8-7-13-14(11-17)16(4,5)10-9-15(13,2)3/h1,7-8,12H,9-11H2,2-5H3. The third-order valence-electron chi connectivity index (χ3n) is 4.74. The van der Waals surface area contributed by atoms with Crippen LogP contribution in [0.3, 0.4) is 0 Å². The van der Waals surface area contributed by atoms with Crippen LogP contribution in [0.15, 0.2) is 23.3 Å². The van der Waals surface area contributed by atoms with E-state index in [9.17, 15) is 4.79 Å². The zero-order chi connectivity index (χ0) is 13.6. The maximum atomic E-state index is 11.3.